The van der Waals surface area contributed by atoms with E-state index in [4.69, 9.17) is 0 Å². The quantitative estimate of drug-likeness (QED) is 0.316. The Balaban J connectivity index is 1.35. The molecule has 34 heavy (non-hydrogen) atoms. The number of rotatable bonds is 10. The second kappa shape index (κ2) is 12.2. The molecule has 1 aliphatic heterocycles. The van der Waals surface area contributed by atoms with E-state index in [2.05, 4.69) is 82.0 Å². The Hall–Kier alpha value is -2.64. The van der Waals surface area contributed by atoms with Crippen LogP contribution in [-0.2, 0) is 11.2 Å². The molecule has 0 aliphatic carbocycles. The molecule has 0 N–H and O–H groups in total. The first kappa shape index (κ1) is 24.5. The Bertz CT molecular complexity index is 1060. The number of hydrogen-bond acceptors (Lipinski definition) is 5. The molecule has 2 aromatic carbocycles. The van der Waals surface area contributed by atoms with Crippen LogP contribution in [-0.4, -0.2) is 68.9 Å². The van der Waals surface area contributed by atoms with E-state index < -0.39 is 0 Å². The van der Waals surface area contributed by atoms with Gasteiger partial charge in [-0.1, -0.05) is 67.2 Å². The van der Waals surface area contributed by atoms with Gasteiger partial charge in [0.05, 0.1) is 5.69 Å². The first-order chi connectivity index (χ1) is 16.7. The number of hydrogen-bond donors (Lipinski definition) is 0. The van der Waals surface area contributed by atoms with Gasteiger partial charge in [-0.25, -0.2) is 0 Å². The van der Waals surface area contributed by atoms with Crippen molar-refractivity contribution in [3.63, 3.8) is 0 Å². The molecule has 0 unspecified atom stereocenters. The van der Waals surface area contributed by atoms with Crippen LogP contribution >= 0.6 is 11.8 Å². The van der Waals surface area contributed by atoms with E-state index in [0.717, 1.165) is 74.4 Å². The number of carbonyl (C=O) groups is 1. The molecule has 4 rings (SSSR count). The molecule has 0 bridgehead atoms. The van der Waals surface area contributed by atoms with Gasteiger partial charge in [-0.3, -0.25) is 9.36 Å². The van der Waals surface area contributed by atoms with Crippen LogP contribution in [0.15, 0.2) is 59.8 Å². The van der Waals surface area contributed by atoms with Crippen molar-refractivity contribution < 1.29 is 4.79 Å². The van der Waals surface area contributed by atoms with Gasteiger partial charge in [-0.2, -0.15) is 0 Å². The van der Waals surface area contributed by atoms with Gasteiger partial charge in [0.25, 0.3) is 0 Å². The molecule has 1 fully saturated rings. The maximum atomic E-state index is 12.6. The maximum absolute atomic E-state index is 12.6. The zero-order valence-corrected chi connectivity index (χ0v) is 21.1. The largest absolute Gasteiger partial charge is 0.340 e. The van der Waals surface area contributed by atoms with Gasteiger partial charge in [-0.15, -0.1) is 10.2 Å². The molecule has 0 saturated carbocycles. The van der Waals surface area contributed by atoms with Gasteiger partial charge in [-0.05, 0) is 43.5 Å². The fourth-order valence-corrected chi connectivity index (χ4v) is 5.32. The second-order valence-electron chi connectivity index (χ2n) is 8.80. The number of para-hydroxylation sites is 1. The number of benzene rings is 2. The summed E-state index contributed by atoms with van der Waals surface area (Å²) in [5, 5.41) is 10.0. The molecular weight excluding hydrogens is 442 g/mol. The van der Waals surface area contributed by atoms with Crippen LogP contribution in [0.1, 0.15) is 43.1 Å². The molecule has 0 radical (unpaired) electrons. The van der Waals surface area contributed by atoms with Gasteiger partial charge in [0, 0.05) is 44.8 Å². The molecule has 0 spiro atoms. The number of unbranched alkanes of at least 4 members (excludes halogenated alkanes) is 1. The number of carbonyl (C=O) groups excluding carboxylic acids is 1. The van der Waals surface area contributed by atoms with E-state index in [1.54, 1.807) is 11.8 Å². The average molecular weight is 478 g/mol. The fourth-order valence-electron chi connectivity index (χ4n) is 4.36. The number of aryl methyl sites for hydroxylation is 1. The van der Waals surface area contributed by atoms with Crippen LogP contribution in [0.5, 0.6) is 0 Å². The van der Waals surface area contributed by atoms with Gasteiger partial charge >= 0.3 is 0 Å². The van der Waals surface area contributed by atoms with Crippen molar-refractivity contribution in [3.8, 4) is 5.69 Å². The standard InChI is InChI=1S/C27H35N5OS/c1-3-30-16-18-31(19-17-30)26(33)15-9-10-20-34-27-29-28-25(21-23-12-5-4-6-13-23)32(27)24-14-8-7-11-22(24)2/h4-8,11-14H,3,9-10,15-21H2,1-2H3. The summed E-state index contributed by atoms with van der Waals surface area (Å²) in [6.07, 6.45) is 3.27. The van der Waals surface area contributed by atoms with Crippen molar-refractivity contribution in [1.82, 2.24) is 24.6 Å². The van der Waals surface area contributed by atoms with Gasteiger partial charge in [0.15, 0.2) is 5.16 Å². The molecule has 180 valence electrons. The van der Waals surface area contributed by atoms with Crippen LogP contribution < -0.4 is 0 Å². The van der Waals surface area contributed by atoms with Crippen LogP contribution in [0.3, 0.4) is 0 Å². The first-order valence-electron chi connectivity index (χ1n) is 12.3. The van der Waals surface area contributed by atoms with E-state index in [1.165, 1.54) is 11.1 Å². The molecule has 1 aliphatic rings. The molecule has 1 amide bonds. The molecule has 1 aromatic heterocycles. The predicted molar refractivity (Wildman–Crippen MR) is 139 cm³/mol. The van der Waals surface area contributed by atoms with E-state index in [-0.39, 0.29) is 0 Å². The Morgan fingerprint density at radius 2 is 1.68 bits per heavy atom. The zero-order valence-electron chi connectivity index (χ0n) is 20.3. The highest BCUT2D eigenvalue weighted by molar-refractivity contribution is 7.99. The number of thioether (sulfide) groups is 1. The van der Waals surface area contributed by atoms with Crippen molar-refractivity contribution in [2.45, 2.75) is 44.7 Å². The second-order valence-corrected chi connectivity index (χ2v) is 9.87. The number of piperazine rings is 1. The smallest absolute Gasteiger partial charge is 0.222 e. The normalized spacial score (nSPS) is 14.5. The van der Waals surface area contributed by atoms with Crippen molar-refractivity contribution in [2.24, 2.45) is 0 Å². The fraction of sp³-hybridized carbons (Fsp3) is 0.444. The van der Waals surface area contributed by atoms with Crippen LogP contribution in [0, 0.1) is 6.92 Å². The van der Waals surface area contributed by atoms with Gasteiger partial charge < -0.3 is 9.80 Å². The monoisotopic (exact) mass is 477 g/mol. The Morgan fingerprint density at radius 1 is 0.941 bits per heavy atom. The maximum Gasteiger partial charge on any atom is 0.222 e. The summed E-state index contributed by atoms with van der Waals surface area (Å²) in [6.45, 7) is 9.10. The van der Waals surface area contributed by atoms with E-state index >= 15 is 0 Å². The minimum Gasteiger partial charge on any atom is -0.340 e. The summed E-state index contributed by atoms with van der Waals surface area (Å²) in [7, 11) is 0. The molecule has 0 atom stereocenters. The summed E-state index contributed by atoms with van der Waals surface area (Å²) in [6, 6.07) is 18.8. The first-order valence-corrected chi connectivity index (χ1v) is 13.3. The molecule has 3 aromatic rings. The minimum absolute atomic E-state index is 0.300. The summed E-state index contributed by atoms with van der Waals surface area (Å²) in [4.78, 5) is 17.0. The summed E-state index contributed by atoms with van der Waals surface area (Å²) >= 11 is 1.73. The van der Waals surface area contributed by atoms with Crippen molar-refractivity contribution in [1.29, 1.82) is 0 Å². The summed E-state index contributed by atoms with van der Waals surface area (Å²) in [5.74, 6) is 2.17. The highest BCUT2D eigenvalue weighted by atomic mass is 32.2. The molecule has 1 saturated heterocycles. The molecular formula is C27H35N5OS. The highest BCUT2D eigenvalue weighted by Crippen LogP contribution is 2.26. The van der Waals surface area contributed by atoms with Gasteiger partial charge in [0.2, 0.25) is 5.91 Å². The van der Waals surface area contributed by atoms with E-state index in [9.17, 15) is 4.79 Å². The van der Waals surface area contributed by atoms with Crippen LogP contribution in [0.2, 0.25) is 0 Å². The van der Waals surface area contributed by atoms with Crippen LogP contribution in [0.4, 0.5) is 0 Å². The number of aromatic nitrogens is 3. The third-order valence-corrected chi connectivity index (χ3v) is 7.47. The van der Waals surface area contributed by atoms with Crippen molar-refractivity contribution in [3.05, 3.63) is 71.5 Å². The lowest BCUT2D eigenvalue weighted by Crippen LogP contribution is -2.48. The Labute approximate surface area is 207 Å². The predicted octanol–water partition coefficient (Wildman–Crippen LogP) is 4.59. The van der Waals surface area contributed by atoms with Crippen LogP contribution in [0.25, 0.3) is 5.69 Å². The topological polar surface area (TPSA) is 54.3 Å². The zero-order chi connectivity index (χ0) is 23.8. The Kier molecular flexibility index (Phi) is 8.77. The SMILES string of the molecule is CCN1CCN(C(=O)CCCCSc2nnc(Cc3ccccc3)n2-c2ccccc2C)CC1. The molecule has 7 heteroatoms. The van der Waals surface area contributed by atoms with E-state index in [0.29, 0.717) is 12.3 Å². The average Bonchev–Trinajstić information content (AvgIpc) is 3.26. The number of likely N-dealkylation sites (N-methyl/N-ethyl adjacent to an activating group) is 1. The summed E-state index contributed by atoms with van der Waals surface area (Å²) < 4.78 is 2.20. The third kappa shape index (κ3) is 6.27. The van der Waals surface area contributed by atoms with Crippen molar-refractivity contribution in [2.75, 3.05) is 38.5 Å². The lowest BCUT2D eigenvalue weighted by molar-refractivity contribution is -0.133. The lowest BCUT2D eigenvalue weighted by atomic mass is 10.1. The number of amides is 1. The minimum atomic E-state index is 0.300. The van der Waals surface area contributed by atoms with Crippen molar-refractivity contribution >= 4 is 17.7 Å². The van der Waals surface area contributed by atoms with Gasteiger partial charge in [0.1, 0.15) is 5.82 Å². The Morgan fingerprint density at radius 3 is 2.41 bits per heavy atom. The molecule has 6 nitrogen and oxygen atoms in total. The number of nitrogens with zero attached hydrogens (tertiary/aromatic N) is 5. The highest BCUT2D eigenvalue weighted by Gasteiger charge is 2.20. The summed E-state index contributed by atoms with van der Waals surface area (Å²) in [5.41, 5.74) is 3.55. The third-order valence-electron chi connectivity index (χ3n) is 6.45. The van der Waals surface area contributed by atoms with E-state index in [1.807, 2.05) is 11.0 Å². The lowest BCUT2D eigenvalue weighted by Gasteiger charge is -2.34. The molecule has 2 heterocycles.